The van der Waals surface area contributed by atoms with Gasteiger partial charge in [0.05, 0.1) is 18.8 Å². The molecule has 4 rings (SSSR count). The van der Waals surface area contributed by atoms with Gasteiger partial charge in [-0.3, -0.25) is 4.79 Å². The lowest BCUT2D eigenvalue weighted by molar-refractivity contribution is -0.117. The number of ether oxygens (including phenoxy) is 2. The zero-order valence-corrected chi connectivity index (χ0v) is 16.5. The number of carbonyl (C=O) groups excluding carboxylic acids is 1. The number of carboxylic acids is 1. The van der Waals surface area contributed by atoms with E-state index in [1.54, 1.807) is 30.2 Å². The summed E-state index contributed by atoms with van der Waals surface area (Å²) in [6, 6.07) is 12.4. The number of carboxylic acid groups (broad SMARTS) is 1. The fourth-order valence-electron chi connectivity index (χ4n) is 4.21. The monoisotopic (exact) mass is 395 g/mol. The van der Waals surface area contributed by atoms with Crippen LogP contribution in [0.4, 0.5) is 5.69 Å². The summed E-state index contributed by atoms with van der Waals surface area (Å²) in [6.45, 7) is 0.511. The molecule has 0 unspecified atom stereocenters. The van der Waals surface area contributed by atoms with Crippen LogP contribution in [0, 0.1) is 0 Å². The number of benzene rings is 2. The van der Waals surface area contributed by atoms with Gasteiger partial charge in [0.15, 0.2) is 11.5 Å². The van der Waals surface area contributed by atoms with E-state index in [1.165, 1.54) is 18.9 Å². The van der Waals surface area contributed by atoms with Gasteiger partial charge < -0.3 is 19.5 Å². The van der Waals surface area contributed by atoms with Crippen molar-refractivity contribution in [3.8, 4) is 11.5 Å². The van der Waals surface area contributed by atoms with Crippen LogP contribution in [0.1, 0.15) is 53.9 Å². The number of nitrogens with zero attached hydrogens (tertiary/aromatic N) is 1. The van der Waals surface area contributed by atoms with Crippen LogP contribution in [0.2, 0.25) is 0 Å². The third kappa shape index (κ3) is 4.06. The number of hydrogen-bond acceptors (Lipinski definition) is 4. The molecule has 152 valence electrons. The summed E-state index contributed by atoms with van der Waals surface area (Å²) >= 11 is 0. The van der Waals surface area contributed by atoms with Gasteiger partial charge >= 0.3 is 5.97 Å². The molecule has 2 aromatic rings. The Hall–Kier alpha value is -3.02. The molecule has 1 N–H and O–H groups in total. The van der Waals surface area contributed by atoms with Crippen molar-refractivity contribution in [1.82, 2.24) is 0 Å². The van der Waals surface area contributed by atoms with Gasteiger partial charge in [-0.2, -0.15) is 0 Å². The summed E-state index contributed by atoms with van der Waals surface area (Å²) in [7, 11) is 1.63. The third-order valence-corrected chi connectivity index (χ3v) is 5.78. The molecule has 2 aliphatic rings. The highest BCUT2D eigenvalue weighted by molar-refractivity contribution is 5.98. The zero-order chi connectivity index (χ0) is 20.4. The highest BCUT2D eigenvalue weighted by Gasteiger charge is 2.32. The average molecular weight is 395 g/mol. The smallest absolute Gasteiger partial charge is 0.335 e. The molecular formula is C23H25NO5. The number of amides is 1. The first-order chi connectivity index (χ1) is 14.0. The van der Waals surface area contributed by atoms with E-state index in [0.29, 0.717) is 24.4 Å². The molecule has 2 aromatic carbocycles. The molecule has 1 aliphatic carbocycles. The van der Waals surface area contributed by atoms with E-state index < -0.39 is 5.97 Å². The number of rotatable bonds is 6. The van der Waals surface area contributed by atoms with E-state index in [9.17, 15) is 14.7 Å². The Bertz CT molecular complexity index is 919. The van der Waals surface area contributed by atoms with Gasteiger partial charge in [0.1, 0.15) is 0 Å². The Kier molecular flexibility index (Phi) is 5.43. The van der Waals surface area contributed by atoms with Crippen molar-refractivity contribution in [3.05, 3.63) is 53.6 Å². The maximum Gasteiger partial charge on any atom is 0.335 e. The lowest BCUT2D eigenvalue weighted by Crippen LogP contribution is -2.24. The average Bonchev–Trinajstić information content (AvgIpc) is 3.37. The summed E-state index contributed by atoms with van der Waals surface area (Å²) in [5.41, 5.74) is 1.83. The maximum absolute atomic E-state index is 12.6. The molecule has 2 fully saturated rings. The molecule has 1 saturated carbocycles. The van der Waals surface area contributed by atoms with Crippen molar-refractivity contribution in [1.29, 1.82) is 0 Å². The van der Waals surface area contributed by atoms with Crippen molar-refractivity contribution in [2.45, 2.75) is 44.1 Å². The molecule has 0 aromatic heterocycles. The molecular weight excluding hydrogens is 370 g/mol. The SMILES string of the molecule is COc1ccc([C@H]2CC(=O)N(c3cccc(C(=O)O)c3)C2)cc1OC1CCCC1. The highest BCUT2D eigenvalue weighted by Crippen LogP contribution is 2.38. The first-order valence-electron chi connectivity index (χ1n) is 10.0. The third-order valence-electron chi connectivity index (χ3n) is 5.78. The van der Waals surface area contributed by atoms with Crippen molar-refractivity contribution >= 4 is 17.6 Å². The number of hydrogen-bond donors (Lipinski definition) is 1. The van der Waals surface area contributed by atoms with Gasteiger partial charge in [0.2, 0.25) is 5.91 Å². The normalized spacial score (nSPS) is 19.6. The van der Waals surface area contributed by atoms with Crippen LogP contribution in [0.3, 0.4) is 0 Å². The Morgan fingerprint density at radius 1 is 1.10 bits per heavy atom. The van der Waals surface area contributed by atoms with Crippen molar-refractivity contribution < 1.29 is 24.2 Å². The lowest BCUT2D eigenvalue weighted by atomic mass is 9.98. The van der Waals surface area contributed by atoms with Gasteiger partial charge in [0, 0.05) is 24.6 Å². The molecule has 1 atom stereocenters. The fourth-order valence-corrected chi connectivity index (χ4v) is 4.21. The van der Waals surface area contributed by atoms with E-state index in [-0.39, 0.29) is 23.5 Å². The summed E-state index contributed by atoms with van der Waals surface area (Å²) in [5.74, 6) is 0.449. The molecule has 0 bridgehead atoms. The van der Waals surface area contributed by atoms with E-state index >= 15 is 0 Å². The highest BCUT2D eigenvalue weighted by atomic mass is 16.5. The second kappa shape index (κ2) is 8.15. The van der Waals surface area contributed by atoms with Gasteiger partial charge in [-0.25, -0.2) is 4.79 Å². The summed E-state index contributed by atoms with van der Waals surface area (Å²) < 4.78 is 11.7. The number of aromatic carboxylic acids is 1. The van der Waals surface area contributed by atoms with Crippen LogP contribution in [-0.4, -0.2) is 36.7 Å². The largest absolute Gasteiger partial charge is 0.493 e. The quantitative estimate of drug-likeness (QED) is 0.792. The van der Waals surface area contributed by atoms with Crippen molar-refractivity contribution in [2.75, 3.05) is 18.6 Å². The standard InChI is InChI=1S/C23H25NO5/c1-28-20-10-9-15(12-21(20)29-19-7-2-3-8-19)17-13-22(25)24(14-17)18-6-4-5-16(11-18)23(26)27/h4-6,9-12,17,19H,2-3,7-8,13-14H2,1H3,(H,26,27)/t17-/m0/s1. The van der Waals surface area contributed by atoms with E-state index in [1.807, 2.05) is 18.2 Å². The first kappa shape index (κ1) is 19.3. The topological polar surface area (TPSA) is 76.1 Å². The van der Waals surface area contributed by atoms with E-state index in [2.05, 4.69) is 0 Å². The number of carbonyl (C=O) groups is 2. The second-order valence-corrected chi connectivity index (χ2v) is 7.70. The van der Waals surface area contributed by atoms with Crippen LogP contribution in [0.15, 0.2) is 42.5 Å². The Labute approximate surface area is 170 Å². The van der Waals surface area contributed by atoms with Gasteiger partial charge in [-0.05, 0) is 61.6 Å². The van der Waals surface area contributed by atoms with Crippen molar-refractivity contribution in [3.63, 3.8) is 0 Å². The lowest BCUT2D eigenvalue weighted by Gasteiger charge is -2.19. The van der Waals surface area contributed by atoms with E-state index in [0.717, 1.165) is 24.2 Å². The molecule has 1 aliphatic heterocycles. The minimum absolute atomic E-state index is 0.00776. The summed E-state index contributed by atoms with van der Waals surface area (Å²) in [6.07, 6.45) is 5.10. The van der Waals surface area contributed by atoms with Crippen LogP contribution in [0.25, 0.3) is 0 Å². The first-order valence-corrected chi connectivity index (χ1v) is 10.0. The predicted molar refractivity (Wildman–Crippen MR) is 109 cm³/mol. The maximum atomic E-state index is 12.6. The Morgan fingerprint density at radius 2 is 1.90 bits per heavy atom. The van der Waals surface area contributed by atoms with Crippen LogP contribution < -0.4 is 14.4 Å². The van der Waals surface area contributed by atoms with Gasteiger partial charge in [-0.15, -0.1) is 0 Å². The molecule has 1 saturated heterocycles. The molecule has 6 nitrogen and oxygen atoms in total. The minimum atomic E-state index is -1.00. The number of anilines is 1. The Morgan fingerprint density at radius 3 is 2.62 bits per heavy atom. The minimum Gasteiger partial charge on any atom is -0.493 e. The zero-order valence-electron chi connectivity index (χ0n) is 16.5. The van der Waals surface area contributed by atoms with Crippen LogP contribution in [0.5, 0.6) is 11.5 Å². The van der Waals surface area contributed by atoms with Gasteiger partial charge in [-0.1, -0.05) is 12.1 Å². The molecule has 1 amide bonds. The summed E-state index contributed by atoms with van der Waals surface area (Å²) in [5, 5.41) is 9.22. The fraction of sp³-hybridized carbons (Fsp3) is 0.391. The van der Waals surface area contributed by atoms with Crippen molar-refractivity contribution in [2.24, 2.45) is 0 Å². The predicted octanol–water partition coefficient (Wildman–Crippen LogP) is 4.24. The summed E-state index contributed by atoms with van der Waals surface area (Å²) in [4.78, 5) is 25.6. The Balaban J connectivity index is 1.55. The molecule has 1 heterocycles. The van der Waals surface area contributed by atoms with Crippen LogP contribution in [-0.2, 0) is 4.79 Å². The second-order valence-electron chi connectivity index (χ2n) is 7.70. The number of methoxy groups -OCH3 is 1. The van der Waals surface area contributed by atoms with E-state index in [4.69, 9.17) is 9.47 Å². The van der Waals surface area contributed by atoms with Gasteiger partial charge in [0.25, 0.3) is 0 Å². The molecule has 0 radical (unpaired) electrons. The molecule has 0 spiro atoms. The molecule has 6 heteroatoms. The molecule has 29 heavy (non-hydrogen) atoms. The van der Waals surface area contributed by atoms with Crippen LogP contribution >= 0.6 is 0 Å².